The van der Waals surface area contributed by atoms with Crippen molar-refractivity contribution in [3.63, 3.8) is 0 Å². The number of halogens is 1. The molecular weight excluding hydrogens is 324 g/mol. The molecule has 20 heavy (non-hydrogen) atoms. The molecule has 0 spiro atoms. The first-order valence-corrected chi connectivity index (χ1v) is 6.86. The zero-order chi connectivity index (χ0) is 14.7. The van der Waals surface area contributed by atoms with Gasteiger partial charge >= 0.3 is 5.97 Å². The fourth-order valence-corrected chi connectivity index (χ4v) is 1.97. The smallest absolute Gasteiger partial charge is 0.359 e. The average molecular weight is 337 g/mol. The number of esters is 1. The van der Waals surface area contributed by atoms with E-state index in [1.807, 2.05) is 24.3 Å². The fourth-order valence-electron chi connectivity index (χ4n) is 1.71. The van der Waals surface area contributed by atoms with Crippen LogP contribution in [0.3, 0.4) is 0 Å². The van der Waals surface area contributed by atoms with Gasteiger partial charge in [-0.15, -0.1) is 0 Å². The molecule has 0 unspecified atom stereocenters. The van der Waals surface area contributed by atoms with Crippen LogP contribution in [0.1, 0.15) is 34.7 Å². The van der Waals surface area contributed by atoms with E-state index in [4.69, 9.17) is 4.74 Å². The molecule has 104 valence electrons. The summed E-state index contributed by atoms with van der Waals surface area (Å²) in [5.74, 6) is -0.815. The van der Waals surface area contributed by atoms with Crippen LogP contribution >= 0.6 is 15.9 Å². The van der Waals surface area contributed by atoms with Gasteiger partial charge in [0.05, 0.1) is 17.9 Å². The van der Waals surface area contributed by atoms with Gasteiger partial charge in [-0.2, -0.15) is 5.10 Å². The summed E-state index contributed by atoms with van der Waals surface area (Å²) in [7, 11) is 0. The molecule has 0 amide bonds. The summed E-state index contributed by atoms with van der Waals surface area (Å²) in [6.07, 6.45) is 1.54. The van der Waals surface area contributed by atoms with Crippen LogP contribution in [0, 0.1) is 0 Å². The Balaban J connectivity index is 2.46. The molecule has 0 aliphatic heterocycles. The Kier molecular flexibility index (Phi) is 4.34. The lowest BCUT2D eigenvalue weighted by Gasteiger charge is -2.01. The first-order valence-electron chi connectivity index (χ1n) is 6.06. The van der Waals surface area contributed by atoms with Crippen LogP contribution in [0.4, 0.5) is 0 Å². The number of rotatable bonds is 4. The Bertz CT molecular complexity index is 647. The van der Waals surface area contributed by atoms with E-state index in [0.29, 0.717) is 0 Å². The molecule has 0 saturated heterocycles. The van der Waals surface area contributed by atoms with Crippen LogP contribution in [0.15, 0.2) is 34.9 Å². The summed E-state index contributed by atoms with van der Waals surface area (Å²) in [4.78, 5) is 23.4. The highest BCUT2D eigenvalue weighted by atomic mass is 79.9. The Morgan fingerprint density at radius 1 is 1.30 bits per heavy atom. The van der Waals surface area contributed by atoms with Crippen LogP contribution in [0.25, 0.3) is 5.69 Å². The molecule has 1 aromatic heterocycles. The van der Waals surface area contributed by atoms with Crippen molar-refractivity contribution < 1.29 is 14.3 Å². The molecule has 0 aliphatic rings. The lowest BCUT2D eigenvalue weighted by molar-refractivity contribution is 0.0516. The van der Waals surface area contributed by atoms with E-state index < -0.39 is 5.97 Å². The summed E-state index contributed by atoms with van der Waals surface area (Å²) >= 11 is 3.35. The van der Waals surface area contributed by atoms with Crippen molar-refractivity contribution in [3.8, 4) is 5.69 Å². The number of hydrogen-bond acceptors (Lipinski definition) is 4. The monoisotopic (exact) mass is 336 g/mol. The van der Waals surface area contributed by atoms with Gasteiger partial charge in [-0.25, -0.2) is 9.48 Å². The number of ketones is 1. The summed E-state index contributed by atoms with van der Waals surface area (Å²) in [6.45, 7) is 3.34. The lowest BCUT2D eigenvalue weighted by atomic mass is 10.2. The molecule has 0 N–H and O–H groups in total. The first kappa shape index (κ1) is 14.5. The van der Waals surface area contributed by atoms with Crippen molar-refractivity contribution in [3.05, 3.63) is 46.2 Å². The van der Waals surface area contributed by atoms with Gasteiger partial charge in [-0.3, -0.25) is 4.79 Å². The lowest BCUT2D eigenvalue weighted by Crippen LogP contribution is -2.10. The van der Waals surface area contributed by atoms with E-state index in [1.165, 1.54) is 17.8 Å². The molecule has 0 saturated carbocycles. The van der Waals surface area contributed by atoms with Gasteiger partial charge in [0.1, 0.15) is 0 Å². The molecule has 2 rings (SSSR count). The zero-order valence-electron chi connectivity index (χ0n) is 11.1. The molecule has 1 aromatic carbocycles. The molecule has 2 aromatic rings. The number of nitrogens with zero attached hydrogens (tertiary/aromatic N) is 2. The Morgan fingerprint density at radius 2 is 1.95 bits per heavy atom. The minimum Gasteiger partial charge on any atom is -0.461 e. The van der Waals surface area contributed by atoms with Crippen LogP contribution in [0.2, 0.25) is 0 Å². The van der Waals surface area contributed by atoms with E-state index in [1.54, 1.807) is 6.92 Å². The third-order valence-corrected chi connectivity index (χ3v) is 3.18. The third kappa shape index (κ3) is 2.96. The van der Waals surface area contributed by atoms with Crippen LogP contribution in [0.5, 0.6) is 0 Å². The third-order valence-electron chi connectivity index (χ3n) is 2.65. The zero-order valence-corrected chi connectivity index (χ0v) is 12.7. The largest absolute Gasteiger partial charge is 0.461 e. The second-order valence-electron chi connectivity index (χ2n) is 4.09. The van der Waals surface area contributed by atoms with Gasteiger partial charge in [0.15, 0.2) is 11.5 Å². The van der Waals surface area contributed by atoms with Crippen molar-refractivity contribution in [2.45, 2.75) is 13.8 Å². The summed E-state index contributed by atoms with van der Waals surface area (Å²) in [6, 6.07) is 7.37. The number of benzene rings is 1. The number of carbonyl (C=O) groups excluding carboxylic acids is 2. The first-order chi connectivity index (χ1) is 9.52. The predicted molar refractivity (Wildman–Crippen MR) is 77.2 cm³/mol. The quantitative estimate of drug-likeness (QED) is 0.636. The highest BCUT2D eigenvalue weighted by Gasteiger charge is 2.21. The van der Waals surface area contributed by atoms with Crippen molar-refractivity contribution >= 4 is 27.7 Å². The number of aromatic nitrogens is 2. The van der Waals surface area contributed by atoms with E-state index in [2.05, 4.69) is 21.0 Å². The molecule has 0 aliphatic carbocycles. The minimum absolute atomic E-state index is 0.0438. The molecule has 0 fully saturated rings. The predicted octanol–water partition coefficient (Wildman–Crippen LogP) is 3.01. The summed E-state index contributed by atoms with van der Waals surface area (Å²) in [5, 5.41) is 4.16. The number of carbonyl (C=O) groups is 2. The highest BCUT2D eigenvalue weighted by Crippen LogP contribution is 2.17. The highest BCUT2D eigenvalue weighted by molar-refractivity contribution is 9.10. The standard InChI is InChI=1S/C14H13BrN2O3/c1-3-20-14(19)13-12(9(2)18)8-17(16-13)11-6-4-10(15)5-7-11/h4-8H,3H2,1-2H3. The minimum atomic E-state index is -0.589. The second kappa shape index (κ2) is 6.00. The number of ether oxygens (including phenoxy) is 1. The molecule has 6 heteroatoms. The molecule has 0 atom stereocenters. The van der Waals surface area contributed by atoms with Crippen LogP contribution < -0.4 is 0 Å². The molecule has 5 nitrogen and oxygen atoms in total. The fraction of sp³-hybridized carbons (Fsp3) is 0.214. The van der Waals surface area contributed by atoms with Gasteiger partial charge in [0, 0.05) is 10.7 Å². The summed E-state index contributed by atoms with van der Waals surface area (Å²) < 4.78 is 7.34. The van der Waals surface area contributed by atoms with Gasteiger partial charge in [-0.05, 0) is 38.1 Å². The number of Topliss-reactive ketones (excluding diaryl/α,β-unsaturated/α-hetero) is 1. The molecule has 0 bridgehead atoms. The SMILES string of the molecule is CCOC(=O)c1nn(-c2ccc(Br)cc2)cc1C(C)=O. The Morgan fingerprint density at radius 3 is 2.50 bits per heavy atom. The van der Waals surface area contributed by atoms with E-state index in [9.17, 15) is 9.59 Å². The van der Waals surface area contributed by atoms with Gasteiger partial charge in [0.2, 0.25) is 0 Å². The van der Waals surface area contributed by atoms with E-state index in [-0.39, 0.29) is 23.6 Å². The normalized spacial score (nSPS) is 10.3. The van der Waals surface area contributed by atoms with Crippen molar-refractivity contribution in [2.75, 3.05) is 6.61 Å². The maximum atomic E-state index is 11.8. The van der Waals surface area contributed by atoms with Gasteiger partial charge in [-0.1, -0.05) is 15.9 Å². The maximum absolute atomic E-state index is 11.8. The molecular formula is C14H13BrN2O3. The Hall–Kier alpha value is -1.95. The maximum Gasteiger partial charge on any atom is 0.359 e. The van der Waals surface area contributed by atoms with Gasteiger partial charge < -0.3 is 4.74 Å². The van der Waals surface area contributed by atoms with Crippen molar-refractivity contribution in [1.29, 1.82) is 0 Å². The van der Waals surface area contributed by atoms with Crippen LogP contribution in [-0.2, 0) is 4.74 Å². The second-order valence-corrected chi connectivity index (χ2v) is 5.00. The number of hydrogen-bond donors (Lipinski definition) is 0. The Labute approximate surface area is 124 Å². The van der Waals surface area contributed by atoms with Crippen molar-refractivity contribution in [2.24, 2.45) is 0 Å². The molecule has 0 radical (unpaired) electrons. The van der Waals surface area contributed by atoms with Crippen LogP contribution in [-0.4, -0.2) is 28.1 Å². The van der Waals surface area contributed by atoms with Crippen molar-refractivity contribution in [1.82, 2.24) is 9.78 Å². The van der Waals surface area contributed by atoms with E-state index >= 15 is 0 Å². The van der Waals surface area contributed by atoms with E-state index in [0.717, 1.165) is 10.2 Å². The molecule has 1 heterocycles. The topological polar surface area (TPSA) is 61.2 Å². The average Bonchev–Trinajstić information content (AvgIpc) is 2.85. The van der Waals surface area contributed by atoms with Gasteiger partial charge in [0.25, 0.3) is 0 Å². The summed E-state index contributed by atoms with van der Waals surface area (Å²) in [5.41, 5.74) is 1.06.